The van der Waals surface area contributed by atoms with Gasteiger partial charge in [0.1, 0.15) is 5.01 Å². The zero-order chi connectivity index (χ0) is 14.6. The molecule has 7 heteroatoms. The van der Waals surface area contributed by atoms with E-state index in [1.54, 1.807) is 6.92 Å². The predicted octanol–water partition coefficient (Wildman–Crippen LogP) is 2.03. The highest BCUT2D eigenvalue weighted by Crippen LogP contribution is 2.20. The number of rotatable bonds is 6. The molecule has 1 amide bonds. The first-order valence-corrected chi connectivity index (χ1v) is 6.99. The van der Waals surface area contributed by atoms with Crippen LogP contribution < -0.4 is 5.32 Å². The summed E-state index contributed by atoms with van der Waals surface area (Å²) < 4.78 is 0. The number of carbonyl (C=O) groups is 2. The van der Waals surface area contributed by atoms with E-state index in [0.717, 1.165) is 11.4 Å². The van der Waals surface area contributed by atoms with E-state index >= 15 is 0 Å². The maximum atomic E-state index is 11.9. The Morgan fingerprint density at radius 1 is 1.21 bits per heavy atom. The average molecular weight is 285 g/mol. The second kappa shape index (κ2) is 6.60. The average Bonchev–Trinajstić information content (AvgIpc) is 2.73. The van der Waals surface area contributed by atoms with E-state index in [4.69, 9.17) is 5.11 Å². The van der Waals surface area contributed by atoms with Gasteiger partial charge in [0.05, 0.1) is 5.92 Å². The molecule has 1 aromatic rings. The highest BCUT2D eigenvalue weighted by atomic mass is 32.1. The number of hydrogen-bond donors (Lipinski definition) is 2. The molecule has 19 heavy (non-hydrogen) atoms. The first-order valence-electron chi connectivity index (χ1n) is 6.17. The Morgan fingerprint density at radius 2 is 1.84 bits per heavy atom. The van der Waals surface area contributed by atoms with Crippen molar-refractivity contribution < 1.29 is 14.7 Å². The lowest BCUT2D eigenvalue weighted by molar-refractivity contribution is -0.145. The maximum absolute atomic E-state index is 11.9. The van der Waals surface area contributed by atoms with Gasteiger partial charge in [0.15, 0.2) is 0 Å². The molecule has 0 saturated carbocycles. The summed E-state index contributed by atoms with van der Waals surface area (Å²) in [5.74, 6) is -2.21. The number of anilines is 1. The minimum absolute atomic E-state index is 0.345. The van der Waals surface area contributed by atoms with E-state index in [0.29, 0.717) is 11.0 Å². The number of hydrogen-bond acceptors (Lipinski definition) is 5. The van der Waals surface area contributed by atoms with Crippen molar-refractivity contribution in [2.75, 3.05) is 5.32 Å². The fourth-order valence-corrected chi connectivity index (χ4v) is 2.35. The van der Waals surface area contributed by atoms with Gasteiger partial charge in [-0.25, -0.2) is 0 Å². The van der Waals surface area contributed by atoms with Crippen molar-refractivity contribution in [3.8, 4) is 0 Å². The standard InChI is InChI=1S/C12H19N3O3S/c1-6(2)5-9-14-15-12(19-9)13-10(16)7(3)8(4)11(17)18/h6-8H,5H2,1-4H3,(H,17,18)(H,13,15,16). The molecule has 6 nitrogen and oxygen atoms in total. The summed E-state index contributed by atoms with van der Waals surface area (Å²) in [6.07, 6.45) is 0.814. The predicted molar refractivity (Wildman–Crippen MR) is 73.0 cm³/mol. The second-order valence-corrected chi connectivity index (χ2v) is 6.07. The minimum atomic E-state index is -0.986. The molecule has 0 bridgehead atoms. The fourth-order valence-electron chi connectivity index (χ4n) is 1.40. The number of aromatic nitrogens is 2. The molecule has 2 unspecified atom stereocenters. The third kappa shape index (κ3) is 4.59. The molecule has 0 aliphatic rings. The van der Waals surface area contributed by atoms with Crippen LogP contribution in [-0.4, -0.2) is 27.2 Å². The van der Waals surface area contributed by atoms with E-state index < -0.39 is 17.8 Å². The normalized spacial score (nSPS) is 14.2. The monoisotopic (exact) mass is 285 g/mol. The number of carboxylic acid groups (broad SMARTS) is 1. The van der Waals surface area contributed by atoms with Crippen molar-refractivity contribution in [1.29, 1.82) is 0 Å². The number of amides is 1. The molecule has 0 aliphatic heterocycles. The molecule has 0 aromatic carbocycles. The van der Waals surface area contributed by atoms with Crippen LogP contribution in [0.2, 0.25) is 0 Å². The van der Waals surface area contributed by atoms with Crippen LogP contribution in [0, 0.1) is 17.8 Å². The SMILES string of the molecule is CC(C)Cc1nnc(NC(=O)C(C)C(C)C(=O)O)s1. The molecule has 1 aromatic heterocycles. The number of aliphatic carboxylic acids is 1. The van der Waals surface area contributed by atoms with Crippen molar-refractivity contribution in [1.82, 2.24) is 10.2 Å². The van der Waals surface area contributed by atoms with Gasteiger partial charge in [-0.3, -0.25) is 9.59 Å². The molecule has 0 spiro atoms. The summed E-state index contributed by atoms with van der Waals surface area (Å²) in [4.78, 5) is 22.7. The van der Waals surface area contributed by atoms with Crippen LogP contribution >= 0.6 is 11.3 Å². The molecule has 106 valence electrons. The molecule has 2 atom stereocenters. The first-order chi connectivity index (χ1) is 8.81. The van der Waals surface area contributed by atoms with Gasteiger partial charge in [0.25, 0.3) is 0 Å². The first kappa shape index (κ1) is 15.6. The van der Waals surface area contributed by atoms with Gasteiger partial charge in [0.2, 0.25) is 11.0 Å². The van der Waals surface area contributed by atoms with Gasteiger partial charge in [0, 0.05) is 12.3 Å². The quantitative estimate of drug-likeness (QED) is 0.834. The fraction of sp³-hybridized carbons (Fsp3) is 0.667. The minimum Gasteiger partial charge on any atom is -0.481 e. The Kier molecular flexibility index (Phi) is 5.41. The van der Waals surface area contributed by atoms with E-state index in [9.17, 15) is 9.59 Å². The van der Waals surface area contributed by atoms with Crippen LogP contribution in [0.15, 0.2) is 0 Å². The second-order valence-electron chi connectivity index (χ2n) is 5.00. The van der Waals surface area contributed by atoms with Crippen LogP contribution in [0.25, 0.3) is 0 Å². The molecule has 0 aliphatic carbocycles. The lowest BCUT2D eigenvalue weighted by atomic mass is 9.95. The smallest absolute Gasteiger partial charge is 0.307 e. The third-order valence-corrected chi connectivity index (χ3v) is 3.69. The van der Waals surface area contributed by atoms with E-state index in [2.05, 4.69) is 29.4 Å². The molecule has 0 fully saturated rings. The van der Waals surface area contributed by atoms with Gasteiger partial charge in [-0.2, -0.15) is 0 Å². The van der Waals surface area contributed by atoms with Gasteiger partial charge in [-0.1, -0.05) is 39.0 Å². The summed E-state index contributed by atoms with van der Waals surface area (Å²) in [5.41, 5.74) is 0. The molecule has 1 heterocycles. The lowest BCUT2D eigenvalue weighted by Gasteiger charge is -2.14. The maximum Gasteiger partial charge on any atom is 0.307 e. The highest BCUT2D eigenvalue weighted by molar-refractivity contribution is 7.15. The van der Waals surface area contributed by atoms with Gasteiger partial charge < -0.3 is 10.4 Å². The van der Waals surface area contributed by atoms with Crippen molar-refractivity contribution in [2.45, 2.75) is 34.1 Å². The van der Waals surface area contributed by atoms with Crippen molar-refractivity contribution in [3.05, 3.63) is 5.01 Å². The Morgan fingerprint density at radius 3 is 2.37 bits per heavy atom. The third-order valence-electron chi connectivity index (χ3n) is 2.83. The highest BCUT2D eigenvalue weighted by Gasteiger charge is 2.26. The number of carbonyl (C=O) groups excluding carboxylic acids is 1. The summed E-state index contributed by atoms with van der Waals surface area (Å²) in [6.45, 7) is 7.26. The Hall–Kier alpha value is -1.50. The van der Waals surface area contributed by atoms with Crippen LogP contribution in [0.1, 0.15) is 32.7 Å². The van der Waals surface area contributed by atoms with Crippen LogP contribution in [0.4, 0.5) is 5.13 Å². The summed E-state index contributed by atoms with van der Waals surface area (Å²) in [7, 11) is 0. The molecule has 0 radical (unpaired) electrons. The van der Waals surface area contributed by atoms with Crippen LogP contribution in [-0.2, 0) is 16.0 Å². The van der Waals surface area contributed by atoms with E-state index in [1.807, 2.05) is 0 Å². The van der Waals surface area contributed by atoms with E-state index in [-0.39, 0.29) is 5.91 Å². The molecular formula is C12H19N3O3S. The molecule has 1 rings (SSSR count). The van der Waals surface area contributed by atoms with E-state index in [1.165, 1.54) is 18.3 Å². The van der Waals surface area contributed by atoms with Crippen molar-refractivity contribution in [3.63, 3.8) is 0 Å². The lowest BCUT2D eigenvalue weighted by Crippen LogP contribution is -2.29. The number of carboxylic acids is 1. The van der Waals surface area contributed by atoms with Crippen LogP contribution in [0.3, 0.4) is 0 Å². The number of nitrogens with one attached hydrogen (secondary N) is 1. The zero-order valence-corrected chi connectivity index (χ0v) is 12.3. The van der Waals surface area contributed by atoms with Crippen molar-refractivity contribution >= 4 is 28.3 Å². The number of nitrogens with zero attached hydrogens (tertiary/aromatic N) is 2. The summed E-state index contributed by atoms with van der Waals surface area (Å²) in [5, 5.41) is 20.6. The van der Waals surface area contributed by atoms with Crippen molar-refractivity contribution in [2.24, 2.45) is 17.8 Å². The van der Waals surface area contributed by atoms with Gasteiger partial charge in [-0.05, 0) is 5.92 Å². The Bertz CT molecular complexity index is 459. The summed E-state index contributed by atoms with van der Waals surface area (Å²) in [6, 6.07) is 0. The Labute approximate surface area is 116 Å². The topological polar surface area (TPSA) is 92.2 Å². The summed E-state index contributed by atoms with van der Waals surface area (Å²) >= 11 is 1.33. The van der Waals surface area contributed by atoms with Gasteiger partial charge in [-0.15, -0.1) is 10.2 Å². The van der Waals surface area contributed by atoms with Gasteiger partial charge >= 0.3 is 5.97 Å². The molecular weight excluding hydrogens is 266 g/mol. The largest absolute Gasteiger partial charge is 0.481 e. The van der Waals surface area contributed by atoms with Crippen LogP contribution in [0.5, 0.6) is 0 Å². The molecule has 2 N–H and O–H groups in total. The zero-order valence-electron chi connectivity index (χ0n) is 11.5. The Balaban J connectivity index is 2.61. The molecule has 0 saturated heterocycles.